The van der Waals surface area contributed by atoms with Gasteiger partial charge >= 0.3 is 0 Å². The highest BCUT2D eigenvalue weighted by molar-refractivity contribution is 4.67. The lowest BCUT2D eigenvalue weighted by atomic mass is 10.6. The summed E-state index contributed by atoms with van der Waals surface area (Å²) in [4.78, 5) is 4.62. The zero-order chi connectivity index (χ0) is 5.98. The smallest absolute Gasteiger partial charge is 0.0504 e. The Kier molecular flexibility index (Phi) is 1.86. The second-order valence-corrected chi connectivity index (χ2v) is 2.34. The molecule has 0 bridgehead atoms. The van der Waals surface area contributed by atoms with E-state index < -0.39 is 0 Å². The molecule has 0 spiro atoms. The first-order valence-electron chi connectivity index (χ1n) is 3.03. The van der Waals surface area contributed by atoms with Gasteiger partial charge in [0.1, 0.15) is 0 Å². The Hall–Kier alpha value is -0.0800. The molecule has 2 heteroatoms. The summed E-state index contributed by atoms with van der Waals surface area (Å²) < 4.78 is 0. The number of hydrogen-bond acceptors (Lipinski definition) is 2. The lowest BCUT2D eigenvalue weighted by Crippen LogP contribution is -2.22. The van der Waals surface area contributed by atoms with E-state index in [2.05, 4.69) is 23.8 Å². The Bertz CT molecular complexity index is 72.9. The van der Waals surface area contributed by atoms with Crippen molar-refractivity contribution in [1.82, 2.24) is 9.80 Å². The molecule has 0 unspecified atom stereocenters. The van der Waals surface area contributed by atoms with Gasteiger partial charge in [-0.25, -0.2) is 0 Å². The molecule has 0 amide bonds. The molecular formula is C6H13N2. The summed E-state index contributed by atoms with van der Waals surface area (Å²) in [6, 6.07) is 0. The maximum absolute atomic E-state index is 3.80. The average Bonchev–Trinajstić information content (AvgIpc) is 2.14. The molecule has 0 aromatic rings. The van der Waals surface area contributed by atoms with E-state index in [0.29, 0.717) is 0 Å². The zero-order valence-corrected chi connectivity index (χ0v) is 5.43. The second-order valence-electron chi connectivity index (χ2n) is 2.34. The van der Waals surface area contributed by atoms with Crippen molar-refractivity contribution in [2.75, 3.05) is 33.4 Å². The van der Waals surface area contributed by atoms with Gasteiger partial charge in [-0.05, 0) is 20.5 Å². The fourth-order valence-corrected chi connectivity index (χ4v) is 0.977. The minimum atomic E-state index is 0.949. The summed E-state index contributed by atoms with van der Waals surface area (Å²) in [5.74, 6) is 0. The Morgan fingerprint density at radius 1 is 1.50 bits per heavy atom. The van der Waals surface area contributed by atoms with Crippen LogP contribution in [0.3, 0.4) is 0 Å². The third-order valence-electron chi connectivity index (χ3n) is 1.56. The maximum atomic E-state index is 3.80. The van der Waals surface area contributed by atoms with Crippen molar-refractivity contribution in [2.24, 2.45) is 0 Å². The van der Waals surface area contributed by atoms with Gasteiger partial charge in [-0.1, -0.05) is 0 Å². The third-order valence-corrected chi connectivity index (χ3v) is 1.56. The van der Waals surface area contributed by atoms with Crippen molar-refractivity contribution in [3.63, 3.8) is 0 Å². The summed E-state index contributed by atoms with van der Waals surface area (Å²) in [6.07, 6.45) is 0. The van der Waals surface area contributed by atoms with E-state index in [-0.39, 0.29) is 0 Å². The van der Waals surface area contributed by atoms with E-state index in [9.17, 15) is 0 Å². The average molecular weight is 113 g/mol. The Balaban J connectivity index is 2.22. The van der Waals surface area contributed by atoms with Gasteiger partial charge in [0.25, 0.3) is 0 Å². The lowest BCUT2D eigenvalue weighted by Gasteiger charge is -2.10. The monoisotopic (exact) mass is 113 g/mol. The van der Waals surface area contributed by atoms with Gasteiger partial charge in [0, 0.05) is 13.1 Å². The van der Waals surface area contributed by atoms with E-state index >= 15 is 0 Å². The van der Waals surface area contributed by atoms with E-state index in [4.69, 9.17) is 0 Å². The van der Waals surface area contributed by atoms with Crippen LogP contribution >= 0.6 is 0 Å². The molecule has 47 valence electrons. The highest BCUT2D eigenvalue weighted by Gasteiger charge is 2.12. The molecule has 0 N–H and O–H groups in total. The molecule has 1 aliphatic heterocycles. The first-order valence-corrected chi connectivity index (χ1v) is 3.03. The number of rotatable bonds is 1. The summed E-state index contributed by atoms with van der Waals surface area (Å²) in [7, 11) is 2.13. The molecule has 1 aliphatic rings. The van der Waals surface area contributed by atoms with Crippen LogP contribution in [-0.4, -0.2) is 43.2 Å². The molecule has 0 aromatic carbocycles. The van der Waals surface area contributed by atoms with Crippen LogP contribution in [0.1, 0.15) is 0 Å². The predicted octanol–water partition coefficient (Wildman–Crippen LogP) is 0.0254. The van der Waals surface area contributed by atoms with Gasteiger partial charge in [-0.3, -0.25) is 9.80 Å². The predicted molar refractivity (Wildman–Crippen MR) is 34.4 cm³/mol. The van der Waals surface area contributed by atoms with Crippen LogP contribution in [0.5, 0.6) is 0 Å². The summed E-state index contributed by atoms with van der Waals surface area (Å²) in [5.41, 5.74) is 0. The van der Waals surface area contributed by atoms with Crippen molar-refractivity contribution in [1.29, 1.82) is 0 Å². The van der Waals surface area contributed by atoms with Crippen molar-refractivity contribution < 1.29 is 0 Å². The fraction of sp³-hybridized carbons (Fsp3) is 0.833. The molecule has 2 nitrogen and oxygen atoms in total. The van der Waals surface area contributed by atoms with Gasteiger partial charge in [0.15, 0.2) is 0 Å². The first-order chi connectivity index (χ1) is 3.83. The van der Waals surface area contributed by atoms with Crippen LogP contribution < -0.4 is 0 Å². The zero-order valence-electron chi connectivity index (χ0n) is 5.43. The highest BCUT2D eigenvalue weighted by Crippen LogP contribution is 1.98. The van der Waals surface area contributed by atoms with E-state index in [1.165, 1.54) is 13.1 Å². The Morgan fingerprint density at radius 3 is 2.50 bits per heavy atom. The number of nitrogens with zero attached hydrogens (tertiary/aromatic N) is 2. The Labute approximate surface area is 51.1 Å². The van der Waals surface area contributed by atoms with Crippen LogP contribution in [-0.2, 0) is 0 Å². The summed E-state index contributed by atoms with van der Waals surface area (Å²) in [5, 5.41) is 0. The van der Waals surface area contributed by atoms with Crippen LogP contribution in [0.4, 0.5) is 0 Å². The maximum Gasteiger partial charge on any atom is 0.0504 e. The molecule has 1 heterocycles. The fourth-order valence-electron chi connectivity index (χ4n) is 0.977. The molecule has 1 saturated heterocycles. The van der Waals surface area contributed by atoms with Crippen molar-refractivity contribution in [3.05, 3.63) is 6.92 Å². The quantitative estimate of drug-likeness (QED) is 0.473. The van der Waals surface area contributed by atoms with E-state index in [1.54, 1.807) is 0 Å². The van der Waals surface area contributed by atoms with Gasteiger partial charge in [0.05, 0.1) is 6.67 Å². The SMILES string of the molecule is [CH2]CN1CCN(C)C1. The molecule has 8 heavy (non-hydrogen) atoms. The van der Waals surface area contributed by atoms with Crippen LogP contribution in [0.2, 0.25) is 0 Å². The van der Waals surface area contributed by atoms with Gasteiger partial charge < -0.3 is 0 Å². The van der Waals surface area contributed by atoms with Gasteiger partial charge in [-0.2, -0.15) is 0 Å². The Morgan fingerprint density at radius 2 is 2.25 bits per heavy atom. The van der Waals surface area contributed by atoms with E-state index in [0.717, 1.165) is 13.2 Å². The van der Waals surface area contributed by atoms with Gasteiger partial charge in [-0.15, -0.1) is 0 Å². The molecule has 0 saturated carbocycles. The van der Waals surface area contributed by atoms with Gasteiger partial charge in [0.2, 0.25) is 0 Å². The van der Waals surface area contributed by atoms with E-state index in [1.807, 2.05) is 0 Å². The van der Waals surface area contributed by atoms with Crippen molar-refractivity contribution >= 4 is 0 Å². The van der Waals surface area contributed by atoms with Crippen molar-refractivity contribution in [3.8, 4) is 0 Å². The first kappa shape index (κ1) is 6.05. The van der Waals surface area contributed by atoms with Crippen LogP contribution in [0, 0.1) is 6.92 Å². The standard InChI is InChI=1S/C6H13N2/c1-3-8-5-4-7(2)6-8/h1,3-6H2,2H3. The lowest BCUT2D eigenvalue weighted by molar-refractivity contribution is 0.295. The minimum Gasteiger partial charge on any atom is -0.292 e. The molecular weight excluding hydrogens is 100 g/mol. The van der Waals surface area contributed by atoms with Crippen LogP contribution in [0.25, 0.3) is 0 Å². The van der Waals surface area contributed by atoms with Crippen LogP contribution in [0.15, 0.2) is 0 Å². The number of likely N-dealkylation sites (N-methyl/N-ethyl adjacent to an activating group) is 1. The molecule has 1 rings (SSSR count). The highest BCUT2D eigenvalue weighted by atomic mass is 15.4. The molecule has 0 aromatic heterocycles. The molecule has 1 fully saturated rings. The topological polar surface area (TPSA) is 6.48 Å². The third kappa shape index (κ3) is 1.20. The normalized spacial score (nSPS) is 24.8. The largest absolute Gasteiger partial charge is 0.292 e. The summed E-state index contributed by atoms with van der Waals surface area (Å²) in [6.45, 7) is 8.25. The number of hydrogen-bond donors (Lipinski definition) is 0. The second kappa shape index (κ2) is 2.46. The molecule has 1 radical (unpaired) electrons. The van der Waals surface area contributed by atoms with Crippen molar-refractivity contribution in [2.45, 2.75) is 0 Å². The minimum absolute atomic E-state index is 0.949. The molecule has 0 aliphatic carbocycles. The molecule has 0 atom stereocenters. The summed E-state index contributed by atoms with van der Waals surface area (Å²) >= 11 is 0.